The lowest BCUT2D eigenvalue weighted by molar-refractivity contribution is 0.439. The molecule has 1 atom stereocenters. The number of hydrogen-bond acceptors (Lipinski definition) is 6. The largest absolute Gasteiger partial charge is 0.375 e. The highest BCUT2D eigenvalue weighted by Crippen LogP contribution is 2.25. The van der Waals surface area contributed by atoms with Gasteiger partial charge in [0.15, 0.2) is 11.0 Å². The maximum absolute atomic E-state index is 5.63. The third kappa shape index (κ3) is 1.40. The fraction of sp³-hybridized carbons (Fsp3) is 0.444. The number of aromatic nitrogens is 4. The highest BCUT2D eigenvalue weighted by Gasteiger charge is 2.22. The van der Waals surface area contributed by atoms with Gasteiger partial charge in [-0.25, -0.2) is 4.98 Å². The van der Waals surface area contributed by atoms with Crippen LogP contribution in [-0.2, 0) is 6.54 Å². The van der Waals surface area contributed by atoms with E-state index in [1.807, 2.05) is 5.38 Å². The van der Waals surface area contributed by atoms with Crippen LogP contribution in [0.3, 0.4) is 0 Å². The van der Waals surface area contributed by atoms with Crippen molar-refractivity contribution in [2.75, 3.05) is 12.3 Å². The van der Waals surface area contributed by atoms with E-state index in [0.717, 1.165) is 30.4 Å². The Kier molecular flexibility index (Phi) is 2.15. The van der Waals surface area contributed by atoms with E-state index in [4.69, 9.17) is 5.73 Å². The molecule has 2 aromatic rings. The predicted octanol–water partition coefficient (Wildman–Crippen LogP) is 0.648. The Balaban J connectivity index is 2.09. The van der Waals surface area contributed by atoms with Crippen molar-refractivity contribution in [1.29, 1.82) is 0 Å². The van der Waals surface area contributed by atoms with E-state index in [1.54, 1.807) is 0 Å². The molecule has 0 aliphatic carbocycles. The molecule has 1 aliphatic heterocycles. The highest BCUT2D eigenvalue weighted by atomic mass is 32.1. The third-order valence-corrected chi connectivity index (χ3v) is 3.38. The minimum atomic E-state index is 0.242. The van der Waals surface area contributed by atoms with Crippen molar-refractivity contribution in [2.24, 2.45) is 0 Å². The average Bonchev–Trinajstić information content (AvgIpc) is 2.84. The Morgan fingerprint density at radius 3 is 3.19 bits per heavy atom. The van der Waals surface area contributed by atoms with Crippen LogP contribution < -0.4 is 11.1 Å². The van der Waals surface area contributed by atoms with Gasteiger partial charge in [0.25, 0.3) is 0 Å². The van der Waals surface area contributed by atoms with Crippen LogP contribution in [0.15, 0.2) is 5.38 Å². The smallest absolute Gasteiger partial charge is 0.183 e. The van der Waals surface area contributed by atoms with Crippen molar-refractivity contribution in [3.8, 4) is 11.5 Å². The van der Waals surface area contributed by atoms with Crippen molar-refractivity contribution < 1.29 is 0 Å². The van der Waals surface area contributed by atoms with Gasteiger partial charge in [-0.3, -0.25) is 0 Å². The lowest BCUT2D eigenvalue weighted by Crippen LogP contribution is -2.32. The summed E-state index contributed by atoms with van der Waals surface area (Å²) in [4.78, 5) is 4.24. The zero-order valence-electron chi connectivity index (χ0n) is 8.84. The van der Waals surface area contributed by atoms with Gasteiger partial charge in [-0.2, -0.15) is 0 Å². The summed E-state index contributed by atoms with van der Waals surface area (Å²) in [7, 11) is 0. The van der Waals surface area contributed by atoms with Gasteiger partial charge in [0.2, 0.25) is 0 Å². The number of rotatable bonds is 1. The molecule has 3 rings (SSSR count). The second kappa shape index (κ2) is 3.53. The molecular weight excluding hydrogens is 224 g/mol. The van der Waals surface area contributed by atoms with E-state index >= 15 is 0 Å². The van der Waals surface area contributed by atoms with Crippen LogP contribution >= 0.6 is 11.3 Å². The minimum Gasteiger partial charge on any atom is -0.375 e. The van der Waals surface area contributed by atoms with Crippen LogP contribution in [-0.4, -0.2) is 26.3 Å². The number of anilines is 1. The summed E-state index contributed by atoms with van der Waals surface area (Å²) in [5.41, 5.74) is 6.44. The van der Waals surface area contributed by atoms with Crippen molar-refractivity contribution in [1.82, 2.24) is 25.1 Å². The van der Waals surface area contributed by atoms with Crippen molar-refractivity contribution in [3.63, 3.8) is 0 Å². The molecular formula is C9H12N6S. The SMILES string of the molecule is CC1NCCn2c(-c3csc(N)n3)nnc21. The normalized spacial score (nSPS) is 19.7. The van der Waals surface area contributed by atoms with Gasteiger partial charge in [0.05, 0.1) is 6.04 Å². The Morgan fingerprint density at radius 2 is 2.44 bits per heavy atom. The third-order valence-electron chi connectivity index (χ3n) is 2.70. The fourth-order valence-electron chi connectivity index (χ4n) is 1.92. The molecule has 1 unspecified atom stereocenters. The number of fused-ring (bicyclic) bond motifs is 1. The molecule has 16 heavy (non-hydrogen) atoms. The van der Waals surface area contributed by atoms with Crippen LogP contribution in [0, 0.1) is 0 Å². The van der Waals surface area contributed by atoms with E-state index in [0.29, 0.717) is 5.13 Å². The number of thiazole rings is 1. The van der Waals surface area contributed by atoms with Crippen LogP contribution in [0.1, 0.15) is 18.8 Å². The summed E-state index contributed by atoms with van der Waals surface area (Å²) < 4.78 is 2.11. The molecule has 1 aliphatic rings. The van der Waals surface area contributed by atoms with Crippen molar-refractivity contribution in [2.45, 2.75) is 19.5 Å². The number of hydrogen-bond donors (Lipinski definition) is 2. The average molecular weight is 236 g/mol. The van der Waals surface area contributed by atoms with Crippen LogP contribution in [0.2, 0.25) is 0 Å². The molecule has 0 bridgehead atoms. The van der Waals surface area contributed by atoms with Crippen LogP contribution in [0.4, 0.5) is 5.13 Å². The molecule has 0 aromatic carbocycles. The molecule has 2 aromatic heterocycles. The molecule has 3 N–H and O–H groups in total. The Bertz CT molecular complexity index is 516. The summed E-state index contributed by atoms with van der Waals surface area (Å²) in [6.45, 7) is 3.89. The predicted molar refractivity (Wildman–Crippen MR) is 62.0 cm³/mol. The van der Waals surface area contributed by atoms with Gasteiger partial charge in [0.1, 0.15) is 11.5 Å². The Labute approximate surface area is 96.5 Å². The monoisotopic (exact) mass is 236 g/mol. The van der Waals surface area contributed by atoms with Gasteiger partial charge in [0, 0.05) is 18.5 Å². The van der Waals surface area contributed by atoms with Gasteiger partial charge in [-0.05, 0) is 6.92 Å². The molecule has 0 amide bonds. The second-order valence-corrected chi connectivity index (χ2v) is 4.67. The highest BCUT2D eigenvalue weighted by molar-refractivity contribution is 7.13. The maximum atomic E-state index is 5.63. The first-order chi connectivity index (χ1) is 7.75. The molecule has 7 heteroatoms. The zero-order valence-corrected chi connectivity index (χ0v) is 9.66. The number of nitrogen functional groups attached to an aromatic ring is 1. The zero-order chi connectivity index (χ0) is 11.1. The number of nitrogens with two attached hydrogens (primary N) is 1. The van der Waals surface area contributed by atoms with Gasteiger partial charge in [-0.1, -0.05) is 0 Å². The summed E-state index contributed by atoms with van der Waals surface area (Å²) in [5.74, 6) is 1.78. The lowest BCUT2D eigenvalue weighted by atomic mass is 10.2. The first-order valence-electron chi connectivity index (χ1n) is 5.13. The fourth-order valence-corrected chi connectivity index (χ4v) is 2.46. The second-order valence-electron chi connectivity index (χ2n) is 3.78. The molecule has 0 spiro atoms. The summed E-state index contributed by atoms with van der Waals surface area (Å²) in [6, 6.07) is 0.242. The van der Waals surface area contributed by atoms with Gasteiger partial charge in [-0.15, -0.1) is 21.5 Å². The molecule has 0 saturated heterocycles. The van der Waals surface area contributed by atoms with Crippen LogP contribution in [0.5, 0.6) is 0 Å². The number of nitrogens with one attached hydrogen (secondary N) is 1. The standard InChI is InChI=1S/C9H12N6S/c1-5-7-13-14-8(15(7)3-2-11-5)6-4-16-9(10)12-6/h4-5,11H,2-3H2,1H3,(H2,10,12). The van der Waals surface area contributed by atoms with E-state index in [9.17, 15) is 0 Å². The first-order valence-corrected chi connectivity index (χ1v) is 6.01. The molecule has 3 heterocycles. The first kappa shape index (κ1) is 9.73. The minimum absolute atomic E-state index is 0.242. The van der Waals surface area contributed by atoms with Crippen molar-refractivity contribution >= 4 is 16.5 Å². The summed E-state index contributed by atoms with van der Waals surface area (Å²) in [5, 5.41) is 14.2. The lowest BCUT2D eigenvalue weighted by Gasteiger charge is -2.21. The number of nitrogens with zero attached hydrogens (tertiary/aromatic N) is 4. The Morgan fingerprint density at radius 1 is 1.56 bits per heavy atom. The Hall–Kier alpha value is -1.47. The van der Waals surface area contributed by atoms with Crippen LogP contribution in [0.25, 0.3) is 11.5 Å². The van der Waals surface area contributed by atoms with E-state index in [1.165, 1.54) is 11.3 Å². The molecule has 0 fully saturated rings. The summed E-state index contributed by atoms with van der Waals surface area (Å²) >= 11 is 1.42. The van der Waals surface area contributed by atoms with E-state index < -0.39 is 0 Å². The summed E-state index contributed by atoms with van der Waals surface area (Å²) in [6.07, 6.45) is 0. The topological polar surface area (TPSA) is 81.7 Å². The van der Waals surface area contributed by atoms with Crippen molar-refractivity contribution in [3.05, 3.63) is 11.2 Å². The molecule has 84 valence electrons. The van der Waals surface area contributed by atoms with E-state index in [-0.39, 0.29) is 6.04 Å². The van der Waals surface area contributed by atoms with Gasteiger partial charge >= 0.3 is 0 Å². The maximum Gasteiger partial charge on any atom is 0.183 e. The molecule has 0 saturated carbocycles. The molecule has 0 radical (unpaired) electrons. The van der Waals surface area contributed by atoms with E-state index in [2.05, 4.69) is 32.0 Å². The molecule has 6 nitrogen and oxygen atoms in total. The quantitative estimate of drug-likeness (QED) is 0.759. The van der Waals surface area contributed by atoms with Gasteiger partial charge < -0.3 is 15.6 Å².